The standard InChI is InChI=1S/C13H14ClN3O/c1-8-9(2)13(17-16-12(8)14)15-10-5-4-6-11(7-10)18-3/h4-7H,1-3H3,(H,15,17). The van der Waals surface area contributed by atoms with Gasteiger partial charge in [0.1, 0.15) is 5.75 Å². The molecule has 0 spiro atoms. The number of aromatic nitrogens is 2. The Labute approximate surface area is 111 Å². The van der Waals surface area contributed by atoms with E-state index in [-0.39, 0.29) is 0 Å². The molecule has 0 fully saturated rings. The molecule has 0 atom stereocenters. The zero-order valence-electron chi connectivity index (χ0n) is 10.5. The van der Waals surface area contributed by atoms with Crippen LogP contribution in [0, 0.1) is 13.8 Å². The molecule has 18 heavy (non-hydrogen) atoms. The molecule has 5 heteroatoms. The number of rotatable bonds is 3. The summed E-state index contributed by atoms with van der Waals surface area (Å²) in [6.07, 6.45) is 0. The zero-order valence-corrected chi connectivity index (χ0v) is 11.2. The number of methoxy groups -OCH3 is 1. The van der Waals surface area contributed by atoms with E-state index >= 15 is 0 Å². The van der Waals surface area contributed by atoms with Crippen molar-refractivity contribution in [3.63, 3.8) is 0 Å². The average molecular weight is 264 g/mol. The van der Waals surface area contributed by atoms with Crippen LogP contribution in [0.1, 0.15) is 11.1 Å². The van der Waals surface area contributed by atoms with E-state index in [1.807, 2.05) is 38.1 Å². The lowest BCUT2D eigenvalue weighted by Crippen LogP contribution is -2.01. The second kappa shape index (κ2) is 5.23. The van der Waals surface area contributed by atoms with Crippen molar-refractivity contribution in [2.24, 2.45) is 0 Å². The van der Waals surface area contributed by atoms with E-state index in [0.717, 1.165) is 22.6 Å². The highest BCUT2D eigenvalue weighted by Gasteiger charge is 2.08. The summed E-state index contributed by atoms with van der Waals surface area (Å²) in [7, 11) is 1.64. The van der Waals surface area contributed by atoms with Gasteiger partial charge in [-0.25, -0.2) is 0 Å². The molecule has 2 aromatic rings. The Morgan fingerprint density at radius 1 is 1.17 bits per heavy atom. The topological polar surface area (TPSA) is 47.0 Å². The maximum Gasteiger partial charge on any atom is 0.156 e. The minimum absolute atomic E-state index is 0.434. The van der Waals surface area contributed by atoms with Gasteiger partial charge in [-0.3, -0.25) is 0 Å². The minimum atomic E-state index is 0.434. The lowest BCUT2D eigenvalue weighted by molar-refractivity contribution is 0.415. The molecule has 1 heterocycles. The first kappa shape index (κ1) is 12.6. The van der Waals surface area contributed by atoms with E-state index in [9.17, 15) is 0 Å². The van der Waals surface area contributed by atoms with Crippen molar-refractivity contribution in [3.8, 4) is 5.75 Å². The Bertz CT molecular complexity index is 572. The first-order valence-electron chi connectivity index (χ1n) is 5.52. The van der Waals surface area contributed by atoms with E-state index < -0.39 is 0 Å². The van der Waals surface area contributed by atoms with Crippen molar-refractivity contribution in [2.45, 2.75) is 13.8 Å². The van der Waals surface area contributed by atoms with Crippen molar-refractivity contribution >= 4 is 23.1 Å². The summed E-state index contributed by atoms with van der Waals surface area (Å²) < 4.78 is 5.17. The largest absolute Gasteiger partial charge is 0.497 e. The fraction of sp³-hybridized carbons (Fsp3) is 0.231. The SMILES string of the molecule is COc1cccc(Nc2nnc(Cl)c(C)c2C)c1. The van der Waals surface area contributed by atoms with E-state index in [1.54, 1.807) is 7.11 Å². The van der Waals surface area contributed by atoms with Crippen molar-refractivity contribution in [1.82, 2.24) is 10.2 Å². The molecule has 2 rings (SSSR count). The molecule has 1 N–H and O–H groups in total. The molecule has 94 valence electrons. The van der Waals surface area contributed by atoms with Crippen molar-refractivity contribution in [2.75, 3.05) is 12.4 Å². The number of nitrogens with one attached hydrogen (secondary N) is 1. The van der Waals surface area contributed by atoms with Gasteiger partial charge in [0.05, 0.1) is 7.11 Å². The van der Waals surface area contributed by atoms with Crippen LogP contribution < -0.4 is 10.1 Å². The van der Waals surface area contributed by atoms with E-state index in [1.165, 1.54) is 0 Å². The Morgan fingerprint density at radius 3 is 2.67 bits per heavy atom. The first-order valence-corrected chi connectivity index (χ1v) is 5.90. The van der Waals surface area contributed by atoms with Gasteiger partial charge >= 0.3 is 0 Å². The van der Waals surface area contributed by atoms with Gasteiger partial charge in [-0.1, -0.05) is 17.7 Å². The molecular formula is C13H14ClN3O. The third-order valence-corrected chi connectivity index (χ3v) is 3.16. The highest BCUT2D eigenvalue weighted by molar-refractivity contribution is 6.30. The molecule has 0 unspecified atom stereocenters. The summed E-state index contributed by atoms with van der Waals surface area (Å²) in [4.78, 5) is 0. The fourth-order valence-corrected chi connectivity index (χ4v) is 1.71. The summed E-state index contributed by atoms with van der Waals surface area (Å²) in [5.74, 6) is 1.49. The molecule has 4 nitrogen and oxygen atoms in total. The number of ether oxygens (including phenoxy) is 1. The van der Waals surface area contributed by atoms with Crippen LogP contribution in [-0.2, 0) is 0 Å². The molecule has 0 aliphatic rings. The quantitative estimate of drug-likeness (QED) is 0.921. The molecular weight excluding hydrogens is 250 g/mol. The maximum atomic E-state index is 5.92. The zero-order chi connectivity index (χ0) is 13.1. The molecule has 0 bridgehead atoms. The summed E-state index contributed by atoms with van der Waals surface area (Å²) >= 11 is 5.92. The highest BCUT2D eigenvalue weighted by atomic mass is 35.5. The number of hydrogen-bond acceptors (Lipinski definition) is 4. The molecule has 1 aromatic carbocycles. The smallest absolute Gasteiger partial charge is 0.156 e. The summed E-state index contributed by atoms with van der Waals surface area (Å²) in [5.41, 5.74) is 2.81. The van der Waals surface area contributed by atoms with Crippen LogP contribution >= 0.6 is 11.6 Å². The van der Waals surface area contributed by atoms with Crippen LogP contribution in [0.25, 0.3) is 0 Å². The highest BCUT2D eigenvalue weighted by Crippen LogP contribution is 2.25. The molecule has 0 aliphatic carbocycles. The molecule has 0 saturated carbocycles. The van der Waals surface area contributed by atoms with Crippen molar-refractivity contribution in [1.29, 1.82) is 0 Å². The molecule has 0 radical (unpaired) electrons. The molecule has 0 amide bonds. The van der Waals surface area contributed by atoms with Crippen LogP contribution in [0.5, 0.6) is 5.75 Å². The second-order valence-electron chi connectivity index (χ2n) is 3.95. The predicted molar refractivity (Wildman–Crippen MR) is 72.8 cm³/mol. The predicted octanol–water partition coefficient (Wildman–Crippen LogP) is 3.50. The minimum Gasteiger partial charge on any atom is -0.497 e. The van der Waals surface area contributed by atoms with Crippen molar-refractivity contribution in [3.05, 3.63) is 40.5 Å². The normalized spacial score (nSPS) is 10.2. The third kappa shape index (κ3) is 2.54. The summed E-state index contributed by atoms with van der Waals surface area (Å²) in [6, 6.07) is 7.63. The van der Waals surface area contributed by atoms with Crippen LogP contribution in [0.2, 0.25) is 5.15 Å². The van der Waals surface area contributed by atoms with Crippen LogP contribution in [-0.4, -0.2) is 17.3 Å². The van der Waals surface area contributed by atoms with Gasteiger partial charge in [-0.05, 0) is 37.1 Å². The number of nitrogens with zero attached hydrogens (tertiary/aromatic N) is 2. The van der Waals surface area contributed by atoms with E-state index in [4.69, 9.17) is 16.3 Å². The van der Waals surface area contributed by atoms with Gasteiger partial charge in [0.25, 0.3) is 0 Å². The lowest BCUT2D eigenvalue weighted by atomic mass is 10.2. The molecule has 0 aliphatic heterocycles. The lowest BCUT2D eigenvalue weighted by Gasteiger charge is -2.11. The van der Waals surface area contributed by atoms with Gasteiger partial charge in [-0.15, -0.1) is 10.2 Å². The van der Waals surface area contributed by atoms with Gasteiger partial charge in [0.15, 0.2) is 11.0 Å². The Kier molecular flexibility index (Phi) is 3.67. The number of benzene rings is 1. The van der Waals surface area contributed by atoms with Gasteiger partial charge in [-0.2, -0.15) is 0 Å². The number of halogens is 1. The molecule has 0 saturated heterocycles. The Balaban J connectivity index is 2.31. The van der Waals surface area contributed by atoms with Crippen molar-refractivity contribution < 1.29 is 4.74 Å². The first-order chi connectivity index (χ1) is 8.61. The third-order valence-electron chi connectivity index (χ3n) is 2.80. The second-order valence-corrected chi connectivity index (χ2v) is 4.30. The Hall–Kier alpha value is -1.81. The van der Waals surface area contributed by atoms with Gasteiger partial charge in [0.2, 0.25) is 0 Å². The molecule has 1 aromatic heterocycles. The van der Waals surface area contributed by atoms with Crippen LogP contribution in [0.3, 0.4) is 0 Å². The average Bonchev–Trinajstić information content (AvgIpc) is 2.40. The number of hydrogen-bond donors (Lipinski definition) is 1. The fourth-order valence-electron chi connectivity index (χ4n) is 1.53. The monoisotopic (exact) mass is 263 g/mol. The summed E-state index contributed by atoms with van der Waals surface area (Å²) in [6.45, 7) is 3.88. The van der Waals surface area contributed by atoms with Crippen LogP contribution in [0.4, 0.5) is 11.5 Å². The number of anilines is 2. The van der Waals surface area contributed by atoms with E-state index in [2.05, 4.69) is 15.5 Å². The maximum absolute atomic E-state index is 5.92. The van der Waals surface area contributed by atoms with Gasteiger partial charge < -0.3 is 10.1 Å². The van der Waals surface area contributed by atoms with E-state index in [0.29, 0.717) is 11.0 Å². The summed E-state index contributed by atoms with van der Waals surface area (Å²) in [5, 5.41) is 11.6. The Morgan fingerprint density at radius 2 is 1.94 bits per heavy atom. The van der Waals surface area contributed by atoms with Crippen LogP contribution in [0.15, 0.2) is 24.3 Å². The van der Waals surface area contributed by atoms with Gasteiger partial charge in [0, 0.05) is 11.8 Å².